The van der Waals surface area contributed by atoms with Crippen LogP contribution in [0.5, 0.6) is 0 Å². The Morgan fingerprint density at radius 3 is 3.18 bits per heavy atom. The molecular weight excluding hydrogens is 218 g/mol. The third-order valence-electron chi connectivity index (χ3n) is 2.64. The summed E-state index contributed by atoms with van der Waals surface area (Å²) in [4.78, 5) is 10.6. The van der Waals surface area contributed by atoms with Gasteiger partial charge in [0.25, 0.3) is 0 Å². The summed E-state index contributed by atoms with van der Waals surface area (Å²) in [7, 11) is 0. The van der Waals surface area contributed by atoms with Crippen LogP contribution < -0.4 is 10.6 Å². The van der Waals surface area contributed by atoms with Crippen LogP contribution in [0.4, 0.5) is 5.95 Å². The molecule has 2 N–H and O–H groups in total. The Morgan fingerprint density at radius 1 is 1.65 bits per heavy atom. The summed E-state index contributed by atoms with van der Waals surface area (Å²) in [6.07, 6.45) is 0.0124. The number of aryl methyl sites for hydroxylation is 1. The third kappa shape index (κ3) is 2.70. The number of nitrogens with two attached hydrogens (primary N) is 1. The van der Waals surface area contributed by atoms with E-state index in [1.807, 2.05) is 17.9 Å². The molecule has 1 aromatic heterocycles. The lowest BCUT2D eigenvalue weighted by atomic mass is 10.3. The molecule has 0 aliphatic carbocycles. The maximum atomic E-state index is 8.88. The molecule has 0 saturated carbocycles. The lowest BCUT2D eigenvalue weighted by Gasteiger charge is -2.32. The van der Waals surface area contributed by atoms with E-state index >= 15 is 0 Å². The van der Waals surface area contributed by atoms with Crippen molar-refractivity contribution in [3.63, 3.8) is 0 Å². The fraction of sp³-hybridized carbons (Fsp3) is 0.545. The number of aromatic nitrogens is 2. The van der Waals surface area contributed by atoms with E-state index < -0.39 is 0 Å². The Labute approximate surface area is 100 Å². The number of morpholine rings is 1. The average Bonchev–Trinajstić information content (AvgIpc) is 2.38. The number of anilines is 1. The second-order valence-corrected chi connectivity index (χ2v) is 3.98. The van der Waals surface area contributed by atoms with Crippen LogP contribution >= 0.6 is 0 Å². The molecule has 17 heavy (non-hydrogen) atoms. The fourth-order valence-corrected chi connectivity index (χ4v) is 1.80. The molecule has 6 heteroatoms. The molecule has 1 fully saturated rings. The van der Waals surface area contributed by atoms with Crippen LogP contribution in [0.2, 0.25) is 0 Å². The number of nitrogens with zero attached hydrogens (tertiary/aromatic N) is 4. The van der Waals surface area contributed by atoms with Gasteiger partial charge in [-0.1, -0.05) is 0 Å². The maximum Gasteiger partial charge on any atom is 0.226 e. The van der Waals surface area contributed by atoms with Crippen LogP contribution in [-0.2, 0) is 4.74 Å². The SMILES string of the molecule is Cc1cc(C#N)nc(N2CCOC(CN)C2)n1. The van der Waals surface area contributed by atoms with Crippen molar-refractivity contribution >= 4 is 5.95 Å². The molecule has 1 aliphatic heterocycles. The highest BCUT2D eigenvalue weighted by molar-refractivity contribution is 5.36. The highest BCUT2D eigenvalue weighted by Crippen LogP contribution is 2.14. The van der Waals surface area contributed by atoms with E-state index in [1.165, 1.54) is 0 Å². The second kappa shape index (κ2) is 5.08. The number of hydrogen-bond donors (Lipinski definition) is 1. The predicted molar refractivity (Wildman–Crippen MR) is 62.5 cm³/mol. The van der Waals surface area contributed by atoms with E-state index in [0.717, 1.165) is 12.2 Å². The first-order valence-electron chi connectivity index (χ1n) is 5.55. The molecule has 1 aliphatic rings. The molecule has 0 spiro atoms. The van der Waals surface area contributed by atoms with Gasteiger partial charge in [0.2, 0.25) is 5.95 Å². The van der Waals surface area contributed by atoms with Gasteiger partial charge in [0.05, 0.1) is 12.7 Å². The van der Waals surface area contributed by atoms with E-state index in [0.29, 0.717) is 31.3 Å². The molecule has 0 bridgehead atoms. The number of ether oxygens (including phenoxy) is 1. The molecule has 0 amide bonds. The van der Waals surface area contributed by atoms with Gasteiger partial charge in [-0.3, -0.25) is 0 Å². The van der Waals surface area contributed by atoms with Gasteiger partial charge in [-0.25, -0.2) is 9.97 Å². The van der Waals surface area contributed by atoms with E-state index in [1.54, 1.807) is 6.07 Å². The van der Waals surface area contributed by atoms with Crippen molar-refractivity contribution in [3.8, 4) is 6.07 Å². The zero-order chi connectivity index (χ0) is 12.3. The van der Waals surface area contributed by atoms with Crippen molar-refractivity contribution in [1.82, 2.24) is 9.97 Å². The fourth-order valence-electron chi connectivity index (χ4n) is 1.80. The summed E-state index contributed by atoms with van der Waals surface area (Å²) in [6.45, 7) is 4.34. The number of rotatable bonds is 2. The standard InChI is InChI=1S/C11H15N5O/c1-8-4-9(5-12)15-11(14-8)16-2-3-17-10(6-13)7-16/h4,10H,2-3,6-7,13H2,1H3. The van der Waals surface area contributed by atoms with Gasteiger partial charge < -0.3 is 15.4 Å². The quantitative estimate of drug-likeness (QED) is 0.762. The topological polar surface area (TPSA) is 88.1 Å². The van der Waals surface area contributed by atoms with Crippen molar-refractivity contribution in [2.24, 2.45) is 5.73 Å². The minimum atomic E-state index is 0.0124. The predicted octanol–water partition coefficient (Wildman–Crippen LogP) is -0.179. The number of nitriles is 1. The summed E-state index contributed by atoms with van der Waals surface area (Å²) in [5, 5.41) is 8.88. The lowest BCUT2D eigenvalue weighted by molar-refractivity contribution is 0.0460. The van der Waals surface area contributed by atoms with Gasteiger partial charge in [-0.05, 0) is 13.0 Å². The first-order chi connectivity index (χ1) is 8.22. The zero-order valence-corrected chi connectivity index (χ0v) is 9.76. The first-order valence-corrected chi connectivity index (χ1v) is 5.55. The molecule has 0 radical (unpaired) electrons. The van der Waals surface area contributed by atoms with Crippen LogP contribution in [0.25, 0.3) is 0 Å². The second-order valence-electron chi connectivity index (χ2n) is 3.98. The van der Waals surface area contributed by atoms with Crippen LogP contribution in [0.3, 0.4) is 0 Å². The third-order valence-corrected chi connectivity index (χ3v) is 2.64. The molecule has 6 nitrogen and oxygen atoms in total. The minimum absolute atomic E-state index is 0.0124. The summed E-state index contributed by atoms with van der Waals surface area (Å²) < 4.78 is 5.48. The molecule has 1 aromatic rings. The van der Waals surface area contributed by atoms with Crippen molar-refractivity contribution < 1.29 is 4.74 Å². The molecule has 1 atom stereocenters. The van der Waals surface area contributed by atoms with Gasteiger partial charge in [0, 0.05) is 25.3 Å². The van der Waals surface area contributed by atoms with Crippen LogP contribution in [0.15, 0.2) is 6.07 Å². The van der Waals surface area contributed by atoms with Gasteiger partial charge in [-0.2, -0.15) is 5.26 Å². The summed E-state index contributed by atoms with van der Waals surface area (Å²) in [6, 6.07) is 3.71. The van der Waals surface area contributed by atoms with Gasteiger partial charge >= 0.3 is 0 Å². The molecule has 2 heterocycles. The normalized spacial score (nSPS) is 20.1. The Balaban J connectivity index is 2.21. The van der Waals surface area contributed by atoms with Crippen molar-refractivity contribution in [3.05, 3.63) is 17.5 Å². The van der Waals surface area contributed by atoms with Crippen LogP contribution in [-0.4, -0.2) is 42.3 Å². The minimum Gasteiger partial charge on any atom is -0.373 e. The Morgan fingerprint density at radius 2 is 2.47 bits per heavy atom. The van der Waals surface area contributed by atoms with E-state index in [2.05, 4.69) is 9.97 Å². The highest BCUT2D eigenvalue weighted by atomic mass is 16.5. The summed E-state index contributed by atoms with van der Waals surface area (Å²) >= 11 is 0. The molecule has 0 aromatic carbocycles. The molecule has 2 rings (SSSR count). The Bertz CT molecular complexity index is 442. The Kier molecular flexibility index (Phi) is 3.52. The number of hydrogen-bond acceptors (Lipinski definition) is 6. The smallest absolute Gasteiger partial charge is 0.226 e. The molecular formula is C11H15N5O. The van der Waals surface area contributed by atoms with Gasteiger partial charge in [0.15, 0.2) is 0 Å². The lowest BCUT2D eigenvalue weighted by Crippen LogP contribution is -2.46. The summed E-state index contributed by atoms with van der Waals surface area (Å²) in [5.41, 5.74) is 6.77. The average molecular weight is 233 g/mol. The van der Waals surface area contributed by atoms with Gasteiger partial charge in [0.1, 0.15) is 11.8 Å². The van der Waals surface area contributed by atoms with Gasteiger partial charge in [-0.15, -0.1) is 0 Å². The van der Waals surface area contributed by atoms with Crippen molar-refractivity contribution in [2.75, 3.05) is 31.1 Å². The Hall–Kier alpha value is -1.71. The van der Waals surface area contributed by atoms with E-state index in [4.69, 9.17) is 15.7 Å². The maximum absolute atomic E-state index is 8.88. The highest BCUT2D eigenvalue weighted by Gasteiger charge is 2.21. The van der Waals surface area contributed by atoms with E-state index in [9.17, 15) is 0 Å². The van der Waals surface area contributed by atoms with Crippen molar-refractivity contribution in [2.45, 2.75) is 13.0 Å². The van der Waals surface area contributed by atoms with Crippen LogP contribution in [0, 0.1) is 18.3 Å². The largest absolute Gasteiger partial charge is 0.373 e. The van der Waals surface area contributed by atoms with Crippen molar-refractivity contribution in [1.29, 1.82) is 5.26 Å². The molecule has 1 saturated heterocycles. The zero-order valence-electron chi connectivity index (χ0n) is 9.76. The first kappa shape index (κ1) is 11.8. The molecule has 1 unspecified atom stereocenters. The summed E-state index contributed by atoms with van der Waals surface area (Å²) in [5.74, 6) is 0.586. The van der Waals surface area contributed by atoms with E-state index in [-0.39, 0.29) is 6.10 Å². The van der Waals surface area contributed by atoms with Crippen LogP contribution in [0.1, 0.15) is 11.4 Å². The monoisotopic (exact) mass is 233 g/mol. The molecule has 90 valence electrons.